The van der Waals surface area contributed by atoms with Gasteiger partial charge in [0.1, 0.15) is 5.75 Å². The lowest BCUT2D eigenvalue weighted by Crippen LogP contribution is -2.24. The third-order valence-electron chi connectivity index (χ3n) is 4.66. The lowest BCUT2D eigenvalue weighted by molar-refractivity contribution is 0.102. The molecule has 1 amide bonds. The van der Waals surface area contributed by atoms with E-state index < -0.39 is 17.5 Å². The minimum Gasteiger partial charge on any atom is -0.494 e. The highest BCUT2D eigenvalue weighted by molar-refractivity contribution is 6.06. The molecule has 9 heteroatoms. The molecule has 1 aliphatic rings. The highest BCUT2D eigenvalue weighted by atomic mass is 19.2. The van der Waals surface area contributed by atoms with Gasteiger partial charge in [0.15, 0.2) is 17.4 Å². The molecular formula is C21H18F2N4O3. The summed E-state index contributed by atoms with van der Waals surface area (Å²) in [5, 5.41) is 5.81. The minimum atomic E-state index is -1.04. The highest BCUT2D eigenvalue weighted by Gasteiger charge is 2.26. The van der Waals surface area contributed by atoms with Crippen LogP contribution in [-0.4, -0.2) is 29.6 Å². The van der Waals surface area contributed by atoms with E-state index in [9.17, 15) is 13.6 Å². The van der Waals surface area contributed by atoms with Gasteiger partial charge in [-0.15, -0.1) is 0 Å². The maximum absolute atomic E-state index is 13.4. The Hall–Kier alpha value is -3.75. The predicted octanol–water partition coefficient (Wildman–Crippen LogP) is 3.95. The molecular weight excluding hydrogens is 394 g/mol. The van der Waals surface area contributed by atoms with E-state index in [-0.39, 0.29) is 11.7 Å². The van der Waals surface area contributed by atoms with E-state index in [1.54, 1.807) is 24.5 Å². The summed E-state index contributed by atoms with van der Waals surface area (Å²) in [4.78, 5) is 21.2. The van der Waals surface area contributed by atoms with Crippen molar-refractivity contribution in [3.8, 4) is 11.5 Å². The van der Waals surface area contributed by atoms with E-state index in [0.29, 0.717) is 36.0 Å². The normalized spacial score (nSPS) is 15.0. The van der Waals surface area contributed by atoms with Crippen LogP contribution < -0.4 is 20.1 Å². The molecule has 0 radical (unpaired) electrons. The van der Waals surface area contributed by atoms with Crippen LogP contribution in [0.5, 0.6) is 11.5 Å². The molecule has 2 heterocycles. The molecule has 0 aliphatic carbocycles. The number of methoxy groups -OCH3 is 1. The van der Waals surface area contributed by atoms with Gasteiger partial charge in [-0.25, -0.2) is 18.7 Å². The Labute approximate surface area is 171 Å². The molecule has 2 N–H and O–H groups in total. The number of carbonyl (C=O) groups is 1. The van der Waals surface area contributed by atoms with Crippen LogP contribution in [0.15, 0.2) is 48.8 Å². The number of rotatable bonds is 5. The number of hydrogen-bond donors (Lipinski definition) is 2. The highest BCUT2D eigenvalue weighted by Crippen LogP contribution is 2.36. The van der Waals surface area contributed by atoms with Crippen molar-refractivity contribution in [3.63, 3.8) is 0 Å². The van der Waals surface area contributed by atoms with Crippen LogP contribution in [0.1, 0.15) is 28.4 Å². The molecule has 154 valence electrons. The number of hydrogen-bond acceptors (Lipinski definition) is 6. The SMILES string of the molecule is COc1cnc(N[C@H]2CCOc3c(C(=O)Nc4ccc(F)c(F)c4)cccc32)nc1. The number of ether oxygens (including phenoxy) is 2. The largest absolute Gasteiger partial charge is 0.494 e. The van der Waals surface area contributed by atoms with Gasteiger partial charge in [0.05, 0.1) is 37.7 Å². The summed E-state index contributed by atoms with van der Waals surface area (Å²) in [6.45, 7) is 0.385. The standard InChI is InChI=1S/C21H18F2N4O3/c1-29-13-10-24-21(25-11-13)27-18-7-8-30-19-14(18)3-2-4-15(19)20(28)26-12-5-6-16(22)17(23)9-12/h2-6,9-11,18H,7-8H2,1H3,(H,26,28)(H,24,25,27)/t18-/m0/s1. The number of para-hydroxylation sites is 1. The molecule has 0 bridgehead atoms. The molecule has 1 aromatic heterocycles. The topological polar surface area (TPSA) is 85.4 Å². The van der Waals surface area contributed by atoms with Crippen LogP contribution in [0.2, 0.25) is 0 Å². The van der Waals surface area contributed by atoms with Crippen molar-refractivity contribution in [1.29, 1.82) is 0 Å². The zero-order valence-corrected chi connectivity index (χ0v) is 16.0. The first kappa shape index (κ1) is 19.6. The Morgan fingerprint density at radius 2 is 1.97 bits per heavy atom. The summed E-state index contributed by atoms with van der Waals surface area (Å²) in [7, 11) is 1.54. The number of nitrogens with one attached hydrogen (secondary N) is 2. The van der Waals surface area contributed by atoms with Crippen molar-refractivity contribution in [2.45, 2.75) is 12.5 Å². The Kier molecular flexibility index (Phi) is 5.42. The van der Waals surface area contributed by atoms with Crippen LogP contribution in [0, 0.1) is 11.6 Å². The van der Waals surface area contributed by atoms with E-state index in [1.807, 2.05) is 6.07 Å². The molecule has 0 fully saturated rings. The number of benzene rings is 2. The third kappa shape index (κ3) is 4.00. The summed E-state index contributed by atoms with van der Waals surface area (Å²) >= 11 is 0. The third-order valence-corrected chi connectivity index (χ3v) is 4.66. The van der Waals surface area contributed by atoms with Gasteiger partial charge in [0, 0.05) is 23.7 Å². The predicted molar refractivity (Wildman–Crippen MR) is 106 cm³/mol. The molecule has 2 aromatic carbocycles. The minimum absolute atomic E-state index is 0.147. The first-order chi connectivity index (χ1) is 14.5. The summed E-state index contributed by atoms with van der Waals surface area (Å²) in [6.07, 6.45) is 3.76. The number of halogens is 2. The smallest absolute Gasteiger partial charge is 0.259 e. The second-order valence-electron chi connectivity index (χ2n) is 6.59. The lowest BCUT2D eigenvalue weighted by atomic mass is 9.97. The molecule has 1 aliphatic heterocycles. The van der Waals surface area contributed by atoms with Crippen LogP contribution in [0.25, 0.3) is 0 Å². The number of anilines is 2. The molecule has 3 aromatic rings. The average molecular weight is 412 g/mol. The number of nitrogens with zero attached hydrogens (tertiary/aromatic N) is 2. The first-order valence-electron chi connectivity index (χ1n) is 9.20. The quantitative estimate of drug-likeness (QED) is 0.660. The fraction of sp³-hybridized carbons (Fsp3) is 0.190. The van der Waals surface area contributed by atoms with Crippen LogP contribution in [0.4, 0.5) is 20.4 Å². The van der Waals surface area contributed by atoms with Crippen LogP contribution in [0.3, 0.4) is 0 Å². The average Bonchev–Trinajstić information content (AvgIpc) is 2.76. The molecule has 0 saturated carbocycles. The zero-order valence-electron chi connectivity index (χ0n) is 16.0. The number of aromatic nitrogens is 2. The molecule has 0 unspecified atom stereocenters. The summed E-state index contributed by atoms with van der Waals surface area (Å²) < 4.78 is 37.4. The van der Waals surface area contributed by atoms with Gasteiger partial charge in [-0.1, -0.05) is 12.1 Å². The first-order valence-corrected chi connectivity index (χ1v) is 9.20. The molecule has 4 rings (SSSR count). The fourth-order valence-electron chi connectivity index (χ4n) is 3.18. The Morgan fingerprint density at radius 3 is 2.70 bits per heavy atom. The maximum atomic E-state index is 13.4. The van der Waals surface area contributed by atoms with Gasteiger partial charge in [-0.05, 0) is 18.2 Å². The van der Waals surface area contributed by atoms with E-state index in [2.05, 4.69) is 20.6 Å². The second-order valence-corrected chi connectivity index (χ2v) is 6.59. The zero-order chi connectivity index (χ0) is 21.1. The monoisotopic (exact) mass is 412 g/mol. The van der Waals surface area contributed by atoms with Gasteiger partial charge in [-0.3, -0.25) is 4.79 Å². The molecule has 0 saturated heterocycles. The Bertz CT molecular complexity index is 1080. The second kappa shape index (κ2) is 8.32. The van der Waals surface area contributed by atoms with Crippen molar-refractivity contribution in [3.05, 3.63) is 71.6 Å². The van der Waals surface area contributed by atoms with Gasteiger partial charge >= 0.3 is 0 Å². The van der Waals surface area contributed by atoms with Crippen molar-refractivity contribution in [1.82, 2.24) is 9.97 Å². The number of carbonyl (C=O) groups excluding carboxylic acids is 1. The fourth-order valence-corrected chi connectivity index (χ4v) is 3.18. The van der Waals surface area contributed by atoms with Crippen LogP contribution in [-0.2, 0) is 0 Å². The van der Waals surface area contributed by atoms with Crippen LogP contribution >= 0.6 is 0 Å². The lowest BCUT2D eigenvalue weighted by Gasteiger charge is -2.28. The maximum Gasteiger partial charge on any atom is 0.259 e. The van der Waals surface area contributed by atoms with Gasteiger partial charge in [-0.2, -0.15) is 0 Å². The van der Waals surface area contributed by atoms with Gasteiger partial charge in [0.2, 0.25) is 5.95 Å². The molecule has 7 nitrogen and oxygen atoms in total. The Morgan fingerprint density at radius 1 is 1.17 bits per heavy atom. The Balaban J connectivity index is 1.57. The van der Waals surface area contributed by atoms with Crippen molar-refractivity contribution in [2.75, 3.05) is 24.4 Å². The van der Waals surface area contributed by atoms with E-state index in [4.69, 9.17) is 9.47 Å². The van der Waals surface area contributed by atoms with Crippen molar-refractivity contribution in [2.24, 2.45) is 0 Å². The van der Waals surface area contributed by atoms with Gasteiger partial charge in [0.25, 0.3) is 5.91 Å². The van der Waals surface area contributed by atoms with Crippen molar-refractivity contribution < 1.29 is 23.0 Å². The number of fused-ring (bicyclic) bond motifs is 1. The summed E-state index contributed by atoms with van der Waals surface area (Å²) in [6, 6.07) is 8.20. The number of amides is 1. The van der Waals surface area contributed by atoms with E-state index in [1.165, 1.54) is 13.2 Å². The molecule has 1 atom stereocenters. The molecule has 30 heavy (non-hydrogen) atoms. The van der Waals surface area contributed by atoms with E-state index >= 15 is 0 Å². The van der Waals surface area contributed by atoms with Crippen molar-refractivity contribution >= 4 is 17.5 Å². The summed E-state index contributed by atoms with van der Waals surface area (Å²) in [5.41, 5.74) is 1.21. The van der Waals surface area contributed by atoms with E-state index in [0.717, 1.165) is 17.7 Å². The molecule has 0 spiro atoms. The van der Waals surface area contributed by atoms with Gasteiger partial charge < -0.3 is 20.1 Å². The summed E-state index contributed by atoms with van der Waals surface area (Å²) in [5.74, 6) is -1.12.